The van der Waals surface area contributed by atoms with Gasteiger partial charge in [-0.25, -0.2) is 4.90 Å². The summed E-state index contributed by atoms with van der Waals surface area (Å²) in [6.45, 7) is 3.94. The second-order valence-corrected chi connectivity index (χ2v) is 7.04. The average Bonchev–Trinajstić information content (AvgIpc) is 2.81. The molecule has 0 bridgehead atoms. The Kier molecular flexibility index (Phi) is 4.53. The van der Waals surface area contributed by atoms with E-state index < -0.39 is 0 Å². The largest absolute Gasteiger partial charge is 0.274 e. The zero-order chi connectivity index (χ0) is 16.4. The summed E-state index contributed by atoms with van der Waals surface area (Å²) < 4.78 is 0. The Morgan fingerprint density at radius 1 is 1.09 bits per heavy atom. The number of carbonyl (C=O) groups is 2. The predicted molar refractivity (Wildman–Crippen MR) is 94.6 cm³/mol. The number of imide groups is 1. The molecule has 4 heteroatoms. The monoisotopic (exact) mass is 325 g/mol. The van der Waals surface area contributed by atoms with Crippen molar-refractivity contribution in [3.63, 3.8) is 0 Å². The predicted octanol–water partition coefficient (Wildman–Crippen LogP) is 3.87. The fourth-order valence-electron chi connectivity index (χ4n) is 2.81. The van der Waals surface area contributed by atoms with Crippen LogP contribution in [0.15, 0.2) is 48.5 Å². The topological polar surface area (TPSA) is 37.4 Å². The van der Waals surface area contributed by atoms with E-state index in [1.54, 1.807) is 11.8 Å². The highest BCUT2D eigenvalue weighted by molar-refractivity contribution is 7.99. The van der Waals surface area contributed by atoms with Gasteiger partial charge in [0.05, 0.1) is 10.9 Å². The summed E-state index contributed by atoms with van der Waals surface area (Å²) in [4.78, 5) is 26.4. The number of thioether (sulfide) groups is 1. The molecule has 2 aromatic rings. The SMILES string of the molecule is Cc1ccc(N2C(=O)CC(SCc3ccccc3)C2=O)c(C)c1. The Morgan fingerprint density at radius 2 is 1.83 bits per heavy atom. The molecule has 1 heterocycles. The fourth-order valence-corrected chi connectivity index (χ4v) is 3.91. The molecule has 3 rings (SSSR count). The maximum Gasteiger partial charge on any atom is 0.247 e. The number of hydrogen-bond donors (Lipinski definition) is 0. The van der Waals surface area contributed by atoms with E-state index in [0.29, 0.717) is 5.69 Å². The van der Waals surface area contributed by atoms with Gasteiger partial charge in [0, 0.05) is 12.2 Å². The highest BCUT2D eigenvalue weighted by atomic mass is 32.2. The van der Waals surface area contributed by atoms with Gasteiger partial charge in [0.1, 0.15) is 0 Å². The number of amides is 2. The van der Waals surface area contributed by atoms with E-state index in [1.807, 2.05) is 62.4 Å². The van der Waals surface area contributed by atoms with Gasteiger partial charge in [-0.1, -0.05) is 48.0 Å². The van der Waals surface area contributed by atoms with Gasteiger partial charge < -0.3 is 0 Å². The van der Waals surface area contributed by atoms with Crippen LogP contribution in [0, 0.1) is 13.8 Å². The molecule has 0 aromatic heterocycles. The third-order valence-electron chi connectivity index (χ3n) is 3.99. The van der Waals surface area contributed by atoms with Crippen LogP contribution in [-0.4, -0.2) is 17.1 Å². The lowest BCUT2D eigenvalue weighted by Gasteiger charge is -2.17. The van der Waals surface area contributed by atoms with Crippen molar-refractivity contribution < 1.29 is 9.59 Å². The van der Waals surface area contributed by atoms with Crippen molar-refractivity contribution in [2.45, 2.75) is 31.3 Å². The molecule has 1 unspecified atom stereocenters. The zero-order valence-electron chi connectivity index (χ0n) is 13.3. The van der Waals surface area contributed by atoms with Crippen LogP contribution in [0.3, 0.4) is 0 Å². The molecular weight excluding hydrogens is 306 g/mol. The third kappa shape index (κ3) is 3.32. The third-order valence-corrected chi connectivity index (χ3v) is 5.26. The number of anilines is 1. The van der Waals surface area contributed by atoms with Crippen molar-refractivity contribution in [3.8, 4) is 0 Å². The number of benzene rings is 2. The maximum atomic E-state index is 12.7. The van der Waals surface area contributed by atoms with E-state index in [9.17, 15) is 9.59 Å². The minimum absolute atomic E-state index is 0.0946. The molecule has 1 aliphatic rings. The van der Waals surface area contributed by atoms with Crippen molar-refractivity contribution in [2.24, 2.45) is 0 Å². The van der Waals surface area contributed by atoms with Crippen LogP contribution in [0.4, 0.5) is 5.69 Å². The summed E-state index contributed by atoms with van der Waals surface area (Å²) in [6, 6.07) is 15.8. The summed E-state index contributed by atoms with van der Waals surface area (Å²) in [6.07, 6.45) is 0.281. The first-order chi connectivity index (χ1) is 11.1. The minimum Gasteiger partial charge on any atom is -0.274 e. The second-order valence-electron chi connectivity index (χ2n) is 5.85. The van der Waals surface area contributed by atoms with Crippen LogP contribution < -0.4 is 4.90 Å². The zero-order valence-corrected chi connectivity index (χ0v) is 14.1. The van der Waals surface area contributed by atoms with Crippen molar-refractivity contribution in [1.29, 1.82) is 0 Å². The number of hydrogen-bond acceptors (Lipinski definition) is 3. The van der Waals surface area contributed by atoms with Crippen LogP contribution in [0.2, 0.25) is 0 Å². The van der Waals surface area contributed by atoms with Gasteiger partial charge in [0.2, 0.25) is 11.8 Å². The molecule has 1 fully saturated rings. The molecule has 3 nitrogen and oxygen atoms in total. The Bertz CT molecular complexity index is 742. The van der Waals surface area contributed by atoms with Crippen LogP contribution in [-0.2, 0) is 15.3 Å². The summed E-state index contributed by atoms with van der Waals surface area (Å²) in [5.41, 5.74) is 3.97. The van der Waals surface area contributed by atoms with E-state index in [-0.39, 0.29) is 23.5 Å². The Labute approximate surface area is 140 Å². The lowest BCUT2D eigenvalue weighted by atomic mass is 10.1. The Morgan fingerprint density at radius 3 is 2.52 bits per heavy atom. The van der Waals surface area contributed by atoms with Crippen molar-refractivity contribution in [2.75, 3.05) is 4.90 Å². The van der Waals surface area contributed by atoms with Crippen molar-refractivity contribution in [1.82, 2.24) is 0 Å². The number of rotatable bonds is 4. The molecule has 1 saturated heterocycles. The normalized spacial score (nSPS) is 17.8. The molecule has 23 heavy (non-hydrogen) atoms. The molecule has 2 aromatic carbocycles. The van der Waals surface area contributed by atoms with E-state index >= 15 is 0 Å². The number of nitrogens with zero attached hydrogens (tertiary/aromatic N) is 1. The summed E-state index contributed by atoms with van der Waals surface area (Å²) >= 11 is 1.54. The van der Waals surface area contributed by atoms with Crippen LogP contribution in [0.5, 0.6) is 0 Å². The molecule has 0 spiro atoms. The van der Waals surface area contributed by atoms with E-state index in [2.05, 4.69) is 0 Å². The molecule has 0 radical (unpaired) electrons. The Balaban J connectivity index is 1.75. The summed E-state index contributed by atoms with van der Waals surface area (Å²) in [5, 5.41) is -0.289. The van der Waals surface area contributed by atoms with Gasteiger partial charge in [-0.3, -0.25) is 9.59 Å². The Hall–Kier alpha value is -2.07. The van der Waals surface area contributed by atoms with Gasteiger partial charge in [0.25, 0.3) is 0 Å². The molecule has 0 N–H and O–H groups in total. The maximum absolute atomic E-state index is 12.7. The van der Waals surface area contributed by atoms with E-state index in [0.717, 1.165) is 16.9 Å². The molecule has 118 valence electrons. The van der Waals surface area contributed by atoms with Gasteiger partial charge in [0.15, 0.2) is 0 Å². The highest BCUT2D eigenvalue weighted by Crippen LogP contribution is 2.33. The molecule has 0 saturated carbocycles. The summed E-state index contributed by atoms with van der Waals surface area (Å²) in [5.74, 6) is 0.543. The highest BCUT2D eigenvalue weighted by Gasteiger charge is 2.40. The van der Waals surface area contributed by atoms with E-state index in [4.69, 9.17) is 0 Å². The molecular formula is C19H19NO2S. The van der Waals surface area contributed by atoms with Gasteiger partial charge >= 0.3 is 0 Å². The second kappa shape index (κ2) is 6.59. The average molecular weight is 325 g/mol. The molecule has 0 aliphatic carbocycles. The molecule has 1 atom stereocenters. The first-order valence-electron chi connectivity index (χ1n) is 7.66. The molecule has 2 amide bonds. The van der Waals surface area contributed by atoms with E-state index in [1.165, 1.54) is 10.5 Å². The lowest BCUT2D eigenvalue weighted by Crippen LogP contribution is -2.31. The molecule has 1 aliphatic heterocycles. The van der Waals surface area contributed by atoms with Crippen molar-refractivity contribution >= 4 is 29.3 Å². The lowest BCUT2D eigenvalue weighted by molar-refractivity contribution is -0.121. The number of aryl methyl sites for hydroxylation is 2. The quantitative estimate of drug-likeness (QED) is 0.801. The standard InChI is InChI=1S/C19H19NO2S/c1-13-8-9-16(14(2)10-13)20-18(21)11-17(19(20)22)23-12-15-6-4-3-5-7-15/h3-10,17H,11-12H2,1-2H3. The van der Waals surface area contributed by atoms with Crippen LogP contribution in [0.1, 0.15) is 23.1 Å². The minimum atomic E-state index is -0.289. The van der Waals surface area contributed by atoms with Gasteiger partial charge in [-0.05, 0) is 31.0 Å². The number of carbonyl (C=O) groups excluding carboxylic acids is 2. The van der Waals surface area contributed by atoms with Gasteiger partial charge in [-0.15, -0.1) is 11.8 Å². The van der Waals surface area contributed by atoms with Crippen molar-refractivity contribution in [3.05, 3.63) is 65.2 Å². The first-order valence-corrected chi connectivity index (χ1v) is 8.70. The summed E-state index contributed by atoms with van der Waals surface area (Å²) in [7, 11) is 0. The first kappa shape index (κ1) is 15.8. The smallest absolute Gasteiger partial charge is 0.247 e. The van der Waals surface area contributed by atoms with Crippen LogP contribution in [0.25, 0.3) is 0 Å². The fraction of sp³-hybridized carbons (Fsp3) is 0.263. The van der Waals surface area contributed by atoms with Gasteiger partial charge in [-0.2, -0.15) is 0 Å². The van der Waals surface area contributed by atoms with Crippen LogP contribution >= 0.6 is 11.8 Å².